The summed E-state index contributed by atoms with van der Waals surface area (Å²) in [4.78, 5) is 12.1. The molecule has 0 aromatic heterocycles. The van der Waals surface area contributed by atoms with Crippen LogP contribution < -0.4 is 0 Å². The van der Waals surface area contributed by atoms with Crippen LogP contribution in [0.1, 0.15) is 89.5 Å². The Morgan fingerprint density at radius 2 is 1.29 bits per heavy atom. The summed E-state index contributed by atoms with van der Waals surface area (Å²) in [6, 6.07) is 14.3. The fourth-order valence-corrected chi connectivity index (χ4v) is 3.78. The highest BCUT2D eigenvalue weighted by molar-refractivity contribution is 5.88. The van der Waals surface area contributed by atoms with Gasteiger partial charge in [-0.1, -0.05) is 120 Å². The average Bonchev–Trinajstić information content (AvgIpc) is 2.72. The SMILES string of the molecule is CCCCCCCCCCCCCCOC(=O)Cc1cccc2ccccc12. The number of hydrogen-bond donors (Lipinski definition) is 0. The van der Waals surface area contributed by atoms with Gasteiger partial charge in [-0.3, -0.25) is 4.79 Å². The lowest BCUT2D eigenvalue weighted by Gasteiger charge is -2.08. The molecule has 0 saturated heterocycles. The monoisotopic (exact) mass is 382 g/mol. The molecule has 0 radical (unpaired) electrons. The normalized spacial score (nSPS) is 11.0. The largest absolute Gasteiger partial charge is 0.465 e. The fraction of sp³-hybridized carbons (Fsp3) is 0.577. The molecule has 0 aliphatic rings. The van der Waals surface area contributed by atoms with Crippen LogP contribution in [0.4, 0.5) is 0 Å². The quantitative estimate of drug-likeness (QED) is 0.234. The van der Waals surface area contributed by atoms with Crippen molar-refractivity contribution in [3.63, 3.8) is 0 Å². The summed E-state index contributed by atoms with van der Waals surface area (Å²) in [5.41, 5.74) is 1.05. The maximum absolute atomic E-state index is 12.1. The minimum Gasteiger partial charge on any atom is -0.465 e. The smallest absolute Gasteiger partial charge is 0.310 e. The summed E-state index contributed by atoms with van der Waals surface area (Å²) in [5.74, 6) is -0.112. The van der Waals surface area contributed by atoms with Gasteiger partial charge in [-0.2, -0.15) is 0 Å². The third kappa shape index (κ3) is 8.91. The number of rotatable bonds is 15. The molecule has 2 aromatic carbocycles. The molecular formula is C26H38O2. The third-order valence-electron chi connectivity index (χ3n) is 5.48. The predicted molar refractivity (Wildman–Crippen MR) is 120 cm³/mol. The molecule has 2 rings (SSSR count). The van der Waals surface area contributed by atoms with Crippen LogP contribution in [0.5, 0.6) is 0 Å². The van der Waals surface area contributed by atoms with E-state index in [2.05, 4.69) is 25.1 Å². The van der Waals surface area contributed by atoms with E-state index in [9.17, 15) is 4.79 Å². The van der Waals surface area contributed by atoms with E-state index in [4.69, 9.17) is 4.74 Å². The molecule has 0 atom stereocenters. The number of unbranched alkanes of at least 4 members (excludes halogenated alkanes) is 11. The van der Waals surface area contributed by atoms with Crippen LogP contribution in [0.15, 0.2) is 42.5 Å². The van der Waals surface area contributed by atoms with Gasteiger partial charge < -0.3 is 4.74 Å². The summed E-state index contributed by atoms with van der Waals surface area (Å²) < 4.78 is 5.45. The van der Waals surface area contributed by atoms with Crippen LogP contribution in [0.25, 0.3) is 10.8 Å². The maximum atomic E-state index is 12.1. The van der Waals surface area contributed by atoms with Crippen LogP contribution in [-0.2, 0) is 16.0 Å². The number of fused-ring (bicyclic) bond motifs is 1. The van der Waals surface area contributed by atoms with E-state index in [0.717, 1.165) is 23.8 Å². The molecule has 0 aliphatic carbocycles. The number of ether oxygens (including phenoxy) is 1. The number of hydrogen-bond acceptors (Lipinski definition) is 2. The van der Waals surface area contributed by atoms with Crippen LogP contribution in [-0.4, -0.2) is 12.6 Å². The number of carbonyl (C=O) groups is 1. The lowest BCUT2D eigenvalue weighted by Crippen LogP contribution is -2.09. The topological polar surface area (TPSA) is 26.3 Å². The molecule has 28 heavy (non-hydrogen) atoms. The molecule has 0 unspecified atom stereocenters. The van der Waals surface area contributed by atoms with E-state index >= 15 is 0 Å². The van der Waals surface area contributed by atoms with Gasteiger partial charge in [0.15, 0.2) is 0 Å². The molecule has 2 nitrogen and oxygen atoms in total. The van der Waals surface area contributed by atoms with Crippen molar-refractivity contribution in [3.8, 4) is 0 Å². The van der Waals surface area contributed by atoms with Gasteiger partial charge in [0, 0.05) is 0 Å². The zero-order valence-corrected chi connectivity index (χ0v) is 17.8. The van der Waals surface area contributed by atoms with Crippen molar-refractivity contribution in [3.05, 3.63) is 48.0 Å². The summed E-state index contributed by atoms with van der Waals surface area (Å²) in [7, 11) is 0. The summed E-state index contributed by atoms with van der Waals surface area (Å²) in [6.45, 7) is 2.83. The van der Waals surface area contributed by atoms with Crippen molar-refractivity contribution in [2.75, 3.05) is 6.61 Å². The van der Waals surface area contributed by atoms with E-state index in [-0.39, 0.29) is 5.97 Å². The van der Waals surface area contributed by atoms with Crippen LogP contribution in [0.3, 0.4) is 0 Å². The first kappa shape index (κ1) is 22.5. The second-order valence-electron chi connectivity index (χ2n) is 7.92. The minimum atomic E-state index is -0.112. The summed E-state index contributed by atoms with van der Waals surface area (Å²) >= 11 is 0. The highest BCUT2D eigenvalue weighted by Crippen LogP contribution is 2.19. The van der Waals surface area contributed by atoms with E-state index < -0.39 is 0 Å². The van der Waals surface area contributed by atoms with Gasteiger partial charge in [0.2, 0.25) is 0 Å². The average molecular weight is 383 g/mol. The zero-order chi connectivity index (χ0) is 19.9. The highest BCUT2D eigenvalue weighted by atomic mass is 16.5. The molecule has 0 amide bonds. The molecule has 0 aliphatic heterocycles. The van der Waals surface area contributed by atoms with Crippen molar-refractivity contribution >= 4 is 16.7 Å². The molecule has 154 valence electrons. The van der Waals surface area contributed by atoms with Gasteiger partial charge >= 0.3 is 5.97 Å². The molecule has 0 heterocycles. The molecule has 2 aromatic rings. The Morgan fingerprint density at radius 1 is 0.714 bits per heavy atom. The Kier molecular flexibility index (Phi) is 11.4. The second-order valence-corrected chi connectivity index (χ2v) is 7.92. The molecule has 2 heteroatoms. The van der Waals surface area contributed by atoms with Crippen molar-refractivity contribution in [1.82, 2.24) is 0 Å². The Morgan fingerprint density at radius 3 is 1.96 bits per heavy atom. The molecule has 0 fully saturated rings. The lowest BCUT2D eigenvalue weighted by atomic mass is 10.0. The standard InChI is InChI=1S/C26H38O2/c1-2-3-4-5-6-7-8-9-10-11-12-15-21-28-26(27)22-24-19-16-18-23-17-13-14-20-25(23)24/h13-14,16-20H,2-12,15,21-22H2,1H3. The number of benzene rings is 2. The van der Waals surface area contributed by atoms with E-state index in [1.165, 1.54) is 69.6 Å². The molecule has 0 saturated carbocycles. The first-order valence-corrected chi connectivity index (χ1v) is 11.4. The molecular weight excluding hydrogens is 344 g/mol. The van der Waals surface area contributed by atoms with Crippen molar-refractivity contribution in [2.24, 2.45) is 0 Å². The van der Waals surface area contributed by atoms with Crippen LogP contribution >= 0.6 is 0 Å². The Hall–Kier alpha value is -1.83. The van der Waals surface area contributed by atoms with Crippen LogP contribution in [0.2, 0.25) is 0 Å². The Balaban J connectivity index is 1.47. The fourth-order valence-electron chi connectivity index (χ4n) is 3.78. The Bertz CT molecular complexity index is 672. The van der Waals surface area contributed by atoms with E-state index in [1.54, 1.807) is 0 Å². The van der Waals surface area contributed by atoms with Gasteiger partial charge in [-0.05, 0) is 22.8 Å². The summed E-state index contributed by atoms with van der Waals surface area (Å²) in [6.07, 6.45) is 16.2. The van der Waals surface area contributed by atoms with Crippen molar-refractivity contribution in [1.29, 1.82) is 0 Å². The minimum absolute atomic E-state index is 0.112. The highest BCUT2D eigenvalue weighted by Gasteiger charge is 2.07. The Labute approximate surface area is 171 Å². The first-order chi connectivity index (χ1) is 13.8. The molecule has 0 spiro atoms. The third-order valence-corrected chi connectivity index (χ3v) is 5.48. The maximum Gasteiger partial charge on any atom is 0.310 e. The number of esters is 1. The van der Waals surface area contributed by atoms with Gasteiger partial charge in [0.1, 0.15) is 0 Å². The molecule has 0 bridgehead atoms. The van der Waals surface area contributed by atoms with Gasteiger partial charge in [0.05, 0.1) is 13.0 Å². The van der Waals surface area contributed by atoms with Crippen molar-refractivity contribution in [2.45, 2.75) is 90.4 Å². The lowest BCUT2D eigenvalue weighted by molar-refractivity contribution is -0.142. The van der Waals surface area contributed by atoms with E-state index in [1.807, 2.05) is 24.3 Å². The second kappa shape index (κ2) is 14.2. The first-order valence-electron chi connectivity index (χ1n) is 11.4. The van der Waals surface area contributed by atoms with Gasteiger partial charge in [0.25, 0.3) is 0 Å². The number of carbonyl (C=O) groups excluding carboxylic acids is 1. The van der Waals surface area contributed by atoms with E-state index in [0.29, 0.717) is 13.0 Å². The van der Waals surface area contributed by atoms with Crippen LogP contribution in [0, 0.1) is 0 Å². The van der Waals surface area contributed by atoms with Gasteiger partial charge in [-0.25, -0.2) is 0 Å². The molecule has 0 N–H and O–H groups in total. The van der Waals surface area contributed by atoms with Gasteiger partial charge in [-0.15, -0.1) is 0 Å². The predicted octanol–water partition coefficient (Wildman–Crippen LogP) is 7.63. The van der Waals surface area contributed by atoms with Crippen molar-refractivity contribution < 1.29 is 9.53 Å². The summed E-state index contributed by atoms with van der Waals surface area (Å²) in [5, 5.41) is 2.32. The zero-order valence-electron chi connectivity index (χ0n) is 17.8.